The number of rotatable bonds is 8. The summed E-state index contributed by atoms with van der Waals surface area (Å²) in [6.07, 6.45) is 14.7. The largest absolute Gasteiger partial charge is 0.205 e. The Morgan fingerprint density at radius 1 is 1.00 bits per heavy atom. The van der Waals surface area contributed by atoms with Crippen molar-refractivity contribution in [2.45, 2.75) is 77.6 Å². The first-order valence-electron chi connectivity index (χ1n) is 9.13. The van der Waals surface area contributed by atoms with E-state index in [9.17, 15) is 4.39 Å². The van der Waals surface area contributed by atoms with Gasteiger partial charge in [-0.3, -0.25) is 0 Å². The standard InChI is InChI=1S/C20H30ClF/c1-2-3-4-5-6-16-7-9-17(10-8-16)11-12-18-13-14-19(21)20(22)15-18/h13-17H,2-12H2,1H3. The van der Waals surface area contributed by atoms with Gasteiger partial charge in [-0.2, -0.15) is 0 Å². The molecule has 0 spiro atoms. The lowest BCUT2D eigenvalue weighted by Gasteiger charge is -2.28. The Morgan fingerprint density at radius 3 is 2.32 bits per heavy atom. The lowest BCUT2D eigenvalue weighted by Crippen LogP contribution is -2.15. The summed E-state index contributed by atoms with van der Waals surface area (Å²) in [7, 11) is 0. The predicted octanol–water partition coefficient (Wildman–Crippen LogP) is 7.19. The van der Waals surface area contributed by atoms with Gasteiger partial charge in [-0.25, -0.2) is 4.39 Å². The molecule has 1 aliphatic carbocycles. The quantitative estimate of drug-likeness (QED) is 0.444. The molecule has 0 N–H and O–H groups in total. The zero-order valence-electron chi connectivity index (χ0n) is 13.9. The Hall–Kier alpha value is -0.560. The van der Waals surface area contributed by atoms with E-state index in [0.29, 0.717) is 0 Å². The maximum absolute atomic E-state index is 13.4. The van der Waals surface area contributed by atoms with Gasteiger partial charge in [-0.05, 0) is 42.4 Å². The molecule has 124 valence electrons. The molecular formula is C20H30ClF. The summed E-state index contributed by atoms with van der Waals surface area (Å²) < 4.78 is 13.4. The number of benzene rings is 1. The highest BCUT2D eigenvalue weighted by atomic mass is 35.5. The minimum absolute atomic E-state index is 0.229. The molecule has 1 aromatic rings. The van der Waals surface area contributed by atoms with Gasteiger partial charge in [-0.1, -0.05) is 82.4 Å². The molecule has 0 amide bonds. The summed E-state index contributed by atoms with van der Waals surface area (Å²) in [5.74, 6) is 1.53. The molecule has 0 aromatic heterocycles. The van der Waals surface area contributed by atoms with Crippen molar-refractivity contribution in [1.82, 2.24) is 0 Å². The number of unbranched alkanes of at least 4 members (excludes halogenated alkanes) is 3. The Labute approximate surface area is 140 Å². The van der Waals surface area contributed by atoms with Crippen molar-refractivity contribution in [3.05, 3.63) is 34.6 Å². The topological polar surface area (TPSA) is 0 Å². The molecule has 0 saturated heterocycles. The smallest absolute Gasteiger partial charge is 0.142 e. The molecule has 1 saturated carbocycles. The average Bonchev–Trinajstić information content (AvgIpc) is 2.54. The van der Waals surface area contributed by atoms with E-state index < -0.39 is 0 Å². The van der Waals surface area contributed by atoms with Gasteiger partial charge < -0.3 is 0 Å². The maximum atomic E-state index is 13.4. The average molecular weight is 325 g/mol. The Balaban J connectivity index is 1.63. The number of hydrogen-bond acceptors (Lipinski definition) is 0. The van der Waals surface area contributed by atoms with Gasteiger partial charge in [0.05, 0.1) is 5.02 Å². The lowest BCUT2D eigenvalue weighted by molar-refractivity contribution is 0.249. The molecule has 2 heteroatoms. The Bertz CT molecular complexity index is 435. The van der Waals surface area contributed by atoms with Crippen molar-refractivity contribution in [2.24, 2.45) is 11.8 Å². The minimum atomic E-state index is -0.282. The third-order valence-electron chi connectivity index (χ3n) is 5.26. The molecule has 0 unspecified atom stereocenters. The molecule has 1 aromatic carbocycles. The van der Waals surface area contributed by atoms with Gasteiger partial charge in [0.25, 0.3) is 0 Å². The van der Waals surface area contributed by atoms with Gasteiger partial charge >= 0.3 is 0 Å². The van der Waals surface area contributed by atoms with Crippen LogP contribution < -0.4 is 0 Å². The molecule has 0 aliphatic heterocycles. The van der Waals surface area contributed by atoms with Crippen LogP contribution in [-0.4, -0.2) is 0 Å². The summed E-state index contributed by atoms with van der Waals surface area (Å²) >= 11 is 5.73. The molecule has 2 rings (SSSR count). The van der Waals surface area contributed by atoms with E-state index in [1.54, 1.807) is 12.1 Å². The maximum Gasteiger partial charge on any atom is 0.142 e. The predicted molar refractivity (Wildman–Crippen MR) is 93.9 cm³/mol. The molecule has 0 radical (unpaired) electrons. The fourth-order valence-corrected chi connectivity index (χ4v) is 3.85. The van der Waals surface area contributed by atoms with Crippen LogP contribution >= 0.6 is 11.6 Å². The number of hydrogen-bond donors (Lipinski definition) is 0. The first kappa shape index (κ1) is 17.8. The highest BCUT2D eigenvalue weighted by Gasteiger charge is 2.20. The first-order chi connectivity index (χ1) is 10.7. The Kier molecular flexibility index (Phi) is 7.72. The molecule has 0 heterocycles. The van der Waals surface area contributed by atoms with E-state index in [0.717, 1.165) is 23.8 Å². The molecule has 0 bridgehead atoms. The third kappa shape index (κ3) is 5.91. The lowest BCUT2D eigenvalue weighted by atomic mass is 9.78. The SMILES string of the molecule is CCCCCCC1CCC(CCc2ccc(Cl)c(F)c2)CC1. The van der Waals surface area contributed by atoms with Crippen LogP contribution in [0.1, 0.15) is 76.7 Å². The normalized spacial score (nSPS) is 22.0. The van der Waals surface area contributed by atoms with Crippen molar-refractivity contribution in [2.75, 3.05) is 0 Å². The van der Waals surface area contributed by atoms with Crippen molar-refractivity contribution in [3.8, 4) is 0 Å². The van der Waals surface area contributed by atoms with E-state index in [1.165, 1.54) is 64.2 Å². The summed E-state index contributed by atoms with van der Waals surface area (Å²) in [6.45, 7) is 2.28. The number of aryl methyl sites for hydroxylation is 1. The molecule has 1 aliphatic rings. The summed E-state index contributed by atoms with van der Waals surface area (Å²) in [4.78, 5) is 0. The van der Waals surface area contributed by atoms with Crippen LogP contribution in [0, 0.1) is 17.7 Å². The van der Waals surface area contributed by atoms with Crippen molar-refractivity contribution in [3.63, 3.8) is 0 Å². The minimum Gasteiger partial charge on any atom is -0.205 e. The second kappa shape index (κ2) is 9.55. The van der Waals surface area contributed by atoms with Crippen LogP contribution in [-0.2, 0) is 6.42 Å². The van der Waals surface area contributed by atoms with Gasteiger partial charge in [0.2, 0.25) is 0 Å². The molecule has 22 heavy (non-hydrogen) atoms. The highest BCUT2D eigenvalue weighted by Crippen LogP contribution is 2.34. The van der Waals surface area contributed by atoms with Gasteiger partial charge in [-0.15, -0.1) is 0 Å². The molecule has 0 atom stereocenters. The summed E-state index contributed by atoms with van der Waals surface area (Å²) in [5.41, 5.74) is 1.09. The zero-order chi connectivity index (χ0) is 15.8. The van der Waals surface area contributed by atoms with Crippen LogP contribution in [0.25, 0.3) is 0 Å². The first-order valence-corrected chi connectivity index (χ1v) is 9.50. The van der Waals surface area contributed by atoms with E-state index in [1.807, 2.05) is 6.07 Å². The van der Waals surface area contributed by atoms with Crippen LogP contribution in [0.4, 0.5) is 4.39 Å². The second-order valence-electron chi connectivity index (χ2n) is 7.02. The third-order valence-corrected chi connectivity index (χ3v) is 5.56. The van der Waals surface area contributed by atoms with E-state index >= 15 is 0 Å². The van der Waals surface area contributed by atoms with Crippen molar-refractivity contribution < 1.29 is 4.39 Å². The number of halogens is 2. The summed E-state index contributed by atoms with van der Waals surface area (Å²) in [5, 5.41) is 0.229. The fourth-order valence-electron chi connectivity index (χ4n) is 3.73. The Morgan fingerprint density at radius 2 is 1.68 bits per heavy atom. The van der Waals surface area contributed by atoms with Crippen molar-refractivity contribution >= 4 is 11.6 Å². The monoisotopic (exact) mass is 324 g/mol. The second-order valence-corrected chi connectivity index (χ2v) is 7.43. The fraction of sp³-hybridized carbons (Fsp3) is 0.700. The van der Waals surface area contributed by atoms with Gasteiger partial charge in [0.15, 0.2) is 0 Å². The highest BCUT2D eigenvalue weighted by molar-refractivity contribution is 6.30. The van der Waals surface area contributed by atoms with Crippen LogP contribution in [0.2, 0.25) is 5.02 Å². The summed E-state index contributed by atoms with van der Waals surface area (Å²) in [6, 6.07) is 5.24. The van der Waals surface area contributed by atoms with Crippen LogP contribution in [0.3, 0.4) is 0 Å². The molecule has 0 nitrogen and oxygen atoms in total. The molecule has 1 fully saturated rings. The molecular weight excluding hydrogens is 295 g/mol. The zero-order valence-corrected chi connectivity index (χ0v) is 14.7. The van der Waals surface area contributed by atoms with E-state index in [-0.39, 0.29) is 10.8 Å². The van der Waals surface area contributed by atoms with E-state index in [2.05, 4.69) is 6.92 Å². The van der Waals surface area contributed by atoms with Crippen LogP contribution in [0.5, 0.6) is 0 Å². The van der Waals surface area contributed by atoms with Gasteiger partial charge in [0, 0.05) is 0 Å². The van der Waals surface area contributed by atoms with Gasteiger partial charge in [0.1, 0.15) is 5.82 Å². The van der Waals surface area contributed by atoms with E-state index in [4.69, 9.17) is 11.6 Å². The van der Waals surface area contributed by atoms with Crippen molar-refractivity contribution in [1.29, 1.82) is 0 Å². The van der Waals surface area contributed by atoms with Crippen LogP contribution in [0.15, 0.2) is 18.2 Å².